The van der Waals surface area contributed by atoms with Crippen LogP contribution in [0.1, 0.15) is 6.42 Å². The first-order chi connectivity index (χ1) is 10.4. The first kappa shape index (κ1) is 14.4. The Morgan fingerprint density at radius 1 is 1.10 bits per heavy atom. The van der Waals surface area contributed by atoms with E-state index in [-0.39, 0.29) is 0 Å². The van der Waals surface area contributed by atoms with Crippen molar-refractivity contribution in [2.45, 2.75) is 6.42 Å². The summed E-state index contributed by atoms with van der Waals surface area (Å²) in [5, 5.41) is 6.69. The van der Waals surface area contributed by atoms with Crippen LogP contribution in [0.25, 0.3) is 0 Å². The zero-order valence-corrected chi connectivity index (χ0v) is 13.1. The van der Waals surface area contributed by atoms with E-state index >= 15 is 0 Å². The first-order valence-electron chi connectivity index (χ1n) is 7.57. The molecule has 1 aromatic carbocycles. The molecule has 0 spiro atoms. The van der Waals surface area contributed by atoms with Crippen molar-refractivity contribution in [1.82, 2.24) is 9.88 Å². The molecule has 1 saturated heterocycles. The summed E-state index contributed by atoms with van der Waals surface area (Å²) < 4.78 is 0. The molecule has 2 aromatic rings. The third-order valence-corrected chi connectivity index (χ3v) is 4.65. The van der Waals surface area contributed by atoms with Crippen LogP contribution in [0.2, 0.25) is 0 Å². The molecule has 0 bridgehead atoms. The molecule has 1 aliphatic heterocycles. The van der Waals surface area contributed by atoms with Crippen LogP contribution in [0.3, 0.4) is 0 Å². The standard InChI is InChI=1S/C16H22N4S/c1-2-5-15(6-3-1)17-7-4-9-19-10-12-20(13-11-19)16-18-8-14-21-16/h1-3,5-6,8,14,17H,4,7,9-13H2. The van der Waals surface area contributed by atoms with Crippen LogP contribution < -0.4 is 10.2 Å². The predicted molar refractivity (Wildman–Crippen MR) is 90.3 cm³/mol. The number of hydrogen-bond acceptors (Lipinski definition) is 5. The molecule has 5 heteroatoms. The van der Waals surface area contributed by atoms with Gasteiger partial charge in [-0.05, 0) is 25.1 Å². The molecule has 0 unspecified atom stereocenters. The van der Waals surface area contributed by atoms with Gasteiger partial charge >= 0.3 is 0 Å². The fourth-order valence-electron chi connectivity index (χ4n) is 2.63. The Balaban J connectivity index is 1.33. The average molecular weight is 302 g/mol. The smallest absolute Gasteiger partial charge is 0.185 e. The Kier molecular flexibility index (Phi) is 5.08. The highest BCUT2D eigenvalue weighted by Crippen LogP contribution is 2.18. The van der Waals surface area contributed by atoms with Crippen molar-refractivity contribution < 1.29 is 0 Å². The van der Waals surface area contributed by atoms with Crippen LogP contribution in [0.4, 0.5) is 10.8 Å². The lowest BCUT2D eigenvalue weighted by molar-refractivity contribution is 0.257. The molecule has 0 atom stereocenters. The molecule has 21 heavy (non-hydrogen) atoms. The molecule has 0 radical (unpaired) electrons. The SMILES string of the molecule is c1ccc(NCCCN2CCN(c3nccs3)CC2)cc1. The number of benzene rings is 1. The number of aromatic nitrogens is 1. The zero-order valence-electron chi connectivity index (χ0n) is 12.2. The zero-order chi connectivity index (χ0) is 14.3. The summed E-state index contributed by atoms with van der Waals surface area (Å²) in [5.41, 5.74) is 1.21. The van der Waals surface area contributed by atoms with Crippen molar-refractivity contribution in [3.63, 3.8) is 0 Å². The van der Waals surface area contributed by atoms with Gasteiger partial charge in [0.1, 0.15) is 0 Å². The minimum atomic E-state index is 1.04. The highest BCUT2D eigenvalue weighted by molar-refractivity contribution is 7.13. The van der Waals surface area contributed by atoms with E-state index in [1.165, 1.54) is 23.8 Å². The maximum Gasteiger partial charge on any atom is 0.185 e. The fraction of sp³-hybridized carbons (Fsp3) is 0.438. The minimum absolute atomic E-state index is 1.04. The van der Waals surface area contributed by atoms with E-state index in [0.717, 1.165) is 32.7 Å². The number of rotatable bonds is 6. The molecule has 1 N–H and O–H groups in total. The van der Waals surface area contributed by atoms with Crippen LogP contribution in [0, 0.1) is 0 Å². The lowest BCUT2D eigenvalue weighted by Crippen LogP contribution is -2.46. The summed E-state index contributed by atoms with van der Waals surface area (Å²) in [6, 6.07) is 10.4. The summed E-state index contributed by atoms with van der Waals surface area (Å²) in [6.07, 6.45) is 3.08. The Bertz CT molecular complexity index is 506. The topological polar surface area (TPSA) is 31.4 Å². The molecular formula is C16H22N4S. The van der Waals surface area contributed by atoms with Gasteiger partial charge in [-0.3, -0.25) is 4.90 Å². The van der Waals surface area contributed by atoms with E-state index in [2.05, 4.69) is 49.7 Å². The number of nitrogens with one attached hydrogen (secondary N) is 1. The molecule has 1 aliphatic rings. The van der Waals surface area contributed by atoms with Gasteiger partial charge in [-0.1, -0.05) is 18.2 Å². The molecule has 0 aliphatic carbocycles. The van der Waals surface area contributed by atoms with Crippen molar-refractivity contribution in [3.8, 4) is 0 Å². The van der Waals surface area contributed by atoms with E-state index in [4.69, 9.17) is 0 Å². The number of piperazine rings is 1. The molecule has 4 nitrogen and oxygen atoms in total. The van der Waals surface area contributed by atoms with E-state index in [1.54, 1.807) is 11.3 Å². The molecule has 112 valence electrons. The van der Waals surface area contributed by atoms with Crippen molar-refractivity contribution >= 4 is 22.2 Å². The largest absolute Gasteiger partial charge is 0.385 e. The first-order valence-corrected chi connectivity index (χ1v) is 8.45. The molecule has 3 rings (SSSR count). The van der Waals surface area contributed by atoms with Crippen LogP contribution in [0.15, 0.2) is 41.9 Å². The van der Waals surface area contributed by atoms with E-state index in [9.17, 15) is 0 Å². The number of para-hydroxylation sites is 1. The second kappa shape index (κ2) is 7.43. The van der Waals surface area contributed by atoms with Crippen LogP contribution >= 0.6 is 11.3 Å². The number of hydrogen-bond donors (Lipinski definition) is 1. The lowest BCUT2D eigenvalue weighted by Gasteiger charge is -2.34. The van der Waals surface area contributed by atoms with Gasteiger partial charge < -0.3 is 10.2 Å². The maximum absolute atomic E-state index is 4.39. The van der Waals surface area contributed by atoms with E-state index in [1.807, 2.05) is 12.3 Å². The van der Waals surface area contributed by atoms with Gasteiger partial charge in [-0.2, -0.15) is 0 Å². The summed E-state index contributed by atoms with van der Waals surface area (Å²) >= 11 is 1.74. The Hall–Kier alpha value is -1.59. The van der Waals surface area contributed by atoms with Crippen LogP contribution in [-0.2, 0) is 0 Å². The Morgan fingerprint density at radius 2 is 1.90 bits per heavy atom. The summed E-state index contributed by atoms with van der Waals surface area (Å²) in [5.74, 6) is 0. The molecule has 1 fully saturated rings. The highest BCUT2D eigenvalue weighted by atomic mass is 32.1. The second-order valence-corrected chi connectivity index (χ2v) is 6.16. The maximum atomic E-state index is 4.39. The highest BCUT2D eigenvalue weighted by Gasteiger charge is 2.17. The van der Waals surface area contributed by atoms with E-state index in [0.29, 0.717) is 0 Å². The molecule has 0 amide bonds. The number of anilines is 2. The molecular weight excluding hydrogens is 280 g/mol. The molecule has 1 aromatic heterocycles. The molecule has 2 heterocycles. The lowest BCUT2D eigenvalue weighted by atomic mass is 10.3. The van der Waals surface area contributed by atoms with Gasteiger partial charge in [-0.15, -0.1) is 11.3 Å². The van der Waals surface area contributed by atoms with Gasteiger partial charge in [0.25, 0.3) is 0 Å². The normalized spacial score (nSPS) is 16.1. The summed E-state index contributed by atoms with van der Waals surface area (Å²) in [6.45, 7) is 6.69. The molecule has 0 saturated carbocycles. The quantitative estimate of drug-likeness (QED) is 0.832. The Morgan fingerprint density at radius 3 is 2.62 bits per heavy atom. The monoisotopic (exact) mass is 302 g/mol. The van der Waals surface area contributed by atoms with Gasteiger partial charge in [0.15, 0.2) is 5.13 Å². The van der Waals surface area contributed by atoms with Crippen LogP contribution in [-0.4, -0.2) is 49.2 Å². The fourth-order valence-corrected chi connectivity index (χ4v) is 3.32. The predicted octanol–water partition coefficient (Wildman–Crippen LogP) is 2.77. The van der Waals surface area contributed by atoms with Gasteiger partial charge in [0.05, 0.1) is 0 Å². The van der Waals surface area contributed by atoms with Gasteiger partial charge in [0, 0.05) is 50.0 Å². The number of nitrogens with zero attached hydrogens (tertiary/aromatic N) is 3. The third kappa shape index (κ3) is 4.19. The minimum Gasteiger partial charge on any atom is -0.385 e. The van der Waals surface area contributed by atoms with Crippen molar-refractivity contribution in [2.75, 3.05) is 49.5 Å². The van der Waals surface area contributed by atoms with Crippen molar-refractivity contribution in [2.24, 2.45) is 0 Å². The average Bonchev–Trinajstić information content (AvgIpc) is 3.08. The summed E-state index contributed by atoms with van der Waals surface area (Å²) in [7, 11) is 0. The van der Waals surface area contributed by atoms with Crippen molar-refractivity contribution in [3.05, 3.63) is 41.9 Å². The summed E-state index contributed by atoms with van der Waals surface area (Å²) in [4.78, 5) is 9.33. The second-order valence-electron chi connectivity index (χ2n) is 5.29. The third-order valence-electron chi connectivity index (χ3n) is 3.82. The van der Waals surface area contributed by atoms with Crippen molar-refractivity contribution in [1.29, 1.82) is 0 Å². The number of thiazole rings is 1. The van der Waals surface area contributed by atoms with E-state index < -0.39 is 0 Å². The Labute approximate surface area is 130 Å². The van der Waals surface area contributed by atoms with Gasteiger partial charge in [-0.25, -0.2) is 4.98 Å². The van der Waals surface area contributed by atoms with Gasteiger partial charge in [0.2, 0.25) is 0 Å². The van der Waals surface area contributed by atoms with Crippen LogP contribution in [0.5, 0.6) is 0 Å².